The third kappa shape index (κ3) is 2.76. The molecule has 0 aliphatic rings. The number of hydrogen-bond acceptors (Lipinski definition) is 5. The highest BCUT2D eigenvalue weighted by Crippen LogP contribution is 2.40. The van der Waals surface area contributed by atoms with Crippen LogP contribution in [0.1, 0.15) is 24.2 Å². The van der Waals surface area contributed by atoms with Gasteiger partial charge in [0.1, 0.15) is 5.75 Å². The molecule has 2 rings (SSSR count). The maximum absolute atomic E-state index is 11.6. The van der Waals surface area contributed by atoms with Crippen molar-refractivity contribution in [2.75, 3.05) is 5.75 Å². The lowest BCUT2D eigenvalue weighted by Gasteiger charge is -2.03. The number of thiophene rings is 1. The molecular formula is C12H14N2O3S2. The van der Waals surface area contributed by atoms with Crippen molar-refractivity contribution >= 4 is 39.2 Å². The van der Waals surface area contributed by atoms with E-state index in [4.69, 9.17) is 5.73 Å². The van der Waals surface area contributed by atoms with E-state index in [9.17, 15) is 14.7 Å². The molecule has 0 spiro atoms. The largest absolute Gasteiger partial charge is 0.506 e. The van der Waals surface area contributed by atoms with E-state index in [-0.39, 0.29) is 5.75 Å². The number of rotatable bonds is 4. The summed E-state index contributed by atoms with van der Waals surface area (Å²) in [4.78, 5) is 25.5. The molecular weight excluding hydrogens is 284 g/mol. The van der Waals surface area contributed by atoms with Gasteiger partial charge in [0.2, 0.25) is 0 Å². The minimum atomic E-state index is -0.598. The van der Waals surface area contributed by atoms with Crippen LogP contribution in [0.15, 0.2) is 15.1 Å². The minimum Gasteiger partial charge on any atom is -0.506 e. The quantitative estimate of drug-likeness (QED) is 0.753. The van der Waals surface area contributed by atoms with Crippen molar-refractivity contribution in [2.24, 2.45) is 11.7 Å². The van der Waals surface area contributed by atoms with Crippen molar-refractivity contribution in [3.05, 3.63) is 22.0 Å². The number of aromatic hydroxyl groups is 1. The number of nitrogens with one attached hydrogen (secondary N) is 1. The Bertz CT molecular complexity index is 688. The van der Waals surface area contributed by atoms with E-state index >= 15 is 0 Å². The number of fused-ring (bicyclic) bond motifs is 1. The summed E-state index contributed by atoms with van der Waals surface area (Å²) < 4.78 is 1.22. The highest BCUT2D eigenvalue weighted by molar-refractivity contribution is 8.01. The van der Waals surface area contributed by atoms with Crippen molar-refractivity contribution < 1.29 is 9.90 Å². The van der Waals surface area contributed by atoms with E-state index in [0.29, 0.717) is 21.7 Å². The Balaban J connectivity index is 2.63. The topological polar surface area (TPSA) is 96.2 Å². The van der Waals surface area contributed by atoms with E-state index < -0.39 is 11.5 Å². The number of pyridine rings is 1. The van der Waals surface area contributed by atoms with E-state index in [1.807, 2.05) is 0 Å². The number of aromatic amines is 1. The van der Waals surface area contributed by atoms with Gasteiger partial charge in [-0.05, 0) is 5.92 Å². The highest BCUT2D eigenvalue weighted by Gasteiger charge is 2.20. The Morgan fingerprint density at radius 2 is 2.26 bits per heavy atom. The monoisotopic (exact) mass is 298 g/mol. The van der Waals surface area contributed by atoms with Crippen LogP contribution in [0, 0.1) is 5.92 Å². The first-order chi connectivity index (χ1) is 8.90. The van der Waals surface area contributed by atoms with Gasteiger partial charge >= 0.3 is 0 Å². The van der Waals surface area contributed by atoms with Gasteiger partial charge in [-0.3, -0.25) is 9.59 Å². The number of carbonyl (C=O) groups is 1. The highest BCUT2D eigenvalue weighted by atomic mass is 32.2. The first-order valence-electron chi connectivity index (χ1n) is 5.71. The Labute approximate surface area is 117 Å². The van der Waals surface area contributed by atoms with Crippen molar-refractivity contribution in [3.63, 3.8) is 0 Å². The second kappa shape index (κ2) is 5.26. The summed E-state index contributed by atoms with van der Waals surface area (Å²) in [5, 5.41) is 9.78. The molecule has 7 heteroatoms. The molecule has 2 heterocycles. The van der Waals surface area contributed by atoms with Crippen LogP contribution in [0.5, 0.6) is 5.75 Å². The van der Waals surface area contributed by atoms with E-state index in [2.05, 4.69) is 18.8 Å². The first-order valence-corrected chi connectivity index (χ1v) is 7.51. The minimum absolute atomic E-state index is 0.123. The lowest BCUT2D eigenvalue weighted by Crippen LogP contribution is -2.13. The second-order valence-corrected chi connectivity index (χ2v) is 6.87. The van der Waals surface area contributed by atoms with Crippen molar-refractivity contribution in [1.82, 2.24) is 4.98 Å². The summed E-state index contributed by atoms with van der Waals surface area (Å²) in [7, 11) is 0. The molecule has 5 nitrogen and oxygen atoms in total. The molecule has 0 aliphatic carbocycles. The number of primary amides is 1. The molecule has 0 fully saturated rings. The number of thioether (sulfide) groups is 1. The number of hydrogen-bond donors (Lipinski definition) is 3. The number of nitrogens with two attached hydrogens (primary N) is 1. The number of amides is 1. The summed E-state index contributed by atoms with van der Waals surface area (Å²) in [6.45, 7) is 4.15. The average Bonchev–Trinajstić information content (AvgIpc) is 2.64. The van der Waals surface area contributed by atoms with Crippen molar-refractivity contribution in [3.8, 4) is 5.75 Å². The zero-order valence-corrected chi connectivity index (χ0v) is 12.2. The summed E-state index contributed by atoms with van der Waals surface area (Å²) in [6.07, 6.45) is 0. The van der Waals surface area contributed by atoms with Crippen LogP contribution < -0.4 is 11.3 Å². The number of carbonyl (C=O) groups excluding carboxylic acids is 1. The summed E-state index contributed by atoms with van der Waals surface area (Å²) in [5.41, 5.74) is 5.55. The SMILES string of the molecule is CC(C)CSc1sc2c(O)cc(=O)[nH]c2c1C(N)=O. The fraction of sp³-hybridized carbons (Fsp3) is 0.333. The van der Waals surface area contributed by atoms with E-state index in [1.165, 1.54) is 23.1 Å². The molecule has 2 aromatic heterocycles. The van der Waals surface area contributed by atoms with Crippen molar-refractivity contribution in [1.29, 1.82) is 0 Å². The van der Waals surface area contributed by atoms with Gasteiger partial charge in [0.25, 0.3) is 11.5 Å². The Morgan fingerprint density at radius 3 is 2.84 bits per heavy atom. The van der Waals surface area contributed by atoms with Gasteiger partial charge in [-0.2, -0.15) is 0 Å². The zero-order valence-electron chi connectivity index (χ0n) is 10.5. The van der Waals surface area contributed by atoms with Crippen LogP contribution in [0.25, 0.3) is 10.2 Å². The lowest BCUT2D eigenvalue weighted by atomic mass is 10.2. The normalized spacial score (nSPS) is 11.3. The Hall–Kier alpha value is -1.47. The van der Waals surface area contributed by atoms with Crippen LogP contribution in [-0.2, 0) is 0 Å². The van der Waals surface area contributed by atoms with Crippen LogP contribution in [-0.4, -0.2) is 21.8 Å². The zero-order chi connectivity index (χ0) is 14.2. The molecule has 1 amide bonds. The fourth-order valence-corrected chi connectivity index (χ4v) is 4.06. The van der Waals surface area contributed by atoms with Gasteiger partial charge in [-0.25, -0.2) is 0 Å². The predicted octanol–water partition coefficient (Wildman–Crippen LogP) is 2.14. The van der Waals surface area contributed by atoms with Gasteiger partial charge in [-0.15, -0.1) is 23.1 Å². The Kier molecular flexibility index (Phi) is 3.86. The maximum Gasteiger partial charge on any atom is 0.252 e. The third-order valence-electron chi connectivity index (χ3n) is 2.42. The average molecular weight is 298 g/mol. The molecule has 0 bridgehead atoms. The molecule has 2 aromatic rings. The van der Waals surface area contributed by atoms with Crippen LogP contribution in [0.3, 0.4) is 0 Å². The molecule has 102 valence electrons. The van der Waals surface area contributed by atoms with Crippen LogP contribution in [0.2, 0.25) is 0 Å². The molecule has 0 saturated heterocycles. The van der Waals surface area contributed by atoms with Gasteiger partial charge in [-0.1, -0.05) is 13.8 Å². The molecule has 4 N–H and O–H groups in total. The smallest absolute Gasteiger partial charge is 0.252 e. The third-order valence-corrected chi connectivity index (χ3v) is 5.33. The van der Waals surface area contributed by atoms with Gasteiger partial charge < -0.3 is 15.8 Å². The number of H-pyrrole nitrogens is 1. The van der Waals surface area contributed by atoms with Gasteiger partial charge in [0, 0.05) is 11.8 Å². The van der Waals surface area contributed by atoms with Crippen LogP contribution >= 0.6 is 23.1 Å². The molecule has 0 atom stereocenters. The standard InChI is InChI=1S/C12H14N2O3S2/c1-5(2)4-18-12-8(11(13)17)9-10(19-12)6(15)3-7(16)14-9/h3,5H,4H2,1-2H3,(H2,13,17)(H2,14,15,16). The van der Waals surface area contributed by atoms with Crippen molar-refractivity contribution in [2.45, 2.75) is 18.1 Å². The molecule has 0 unspecified atom stereocenters. The van der Waals surface area contributed by atoms with Gasteiger partial charge in [0.05, 0.1) is 20.0 Å². The van der Waals surface area contributed by atoms with E-state index in [1.54, 1.807) is 0 Å². The molecule has 0 aliphatic heterocycles. The number of aromatic nitrogens is 1. The fourth-order valence-electron chi connectivity index (χ4n) is 1.63. The second-order valence-electron chi connectivity index (χ2n) is 4.56. The summed E-state index contributed by atoms with van der Waals surface area (Å²) >= 11 is 2.78. The summed E-state index contributed by atoms with van der Waals surface area (Å²) in [5.74, 6) is 0.572. The molecule has 0 radical (unpaired) electrons. The maximum atomic E-state index is 11.6. The molecule has 19 heavy (non-hydrogen) atoms. The molecule has 0 aromatic carbocycles. The van der Waals surface area contributed by atoms with Gasteiger partial charge in [0.15, 0.2) is 0 Å². The van der Waals surface area contributed by atoms with Crippen LogP contribution in [0.4, 0.5) is 0 Å². The Morgan fingerprint density at radius 1 is 1.58 bits per heavy atom. The van der Waals surface area contributed by atoms with E-state index in [0.717, 1.165) is 16.0 Å². The first kappa shape index (κ1) is 14.0. The molecule has 0 saturated carbocycles. The summed E-state index contributed by atoms with van der Waals surface area (Å²) in [6, 6.07) is 1.10. The lowest BCUT2D eigenvalue weighted by molar-refractivity contribution is 0.0999. The predicted molar refractivity (Wildman–Crippen MR) is 78.2 cm³/mol.